The lowest BCUT2D eigenvalue weighted by molar-refractivity contribution is -0.122. The molecule has 8 nitrogen and oxygen atoms in total. The molecule has 2 aliphatic heterocycles. The van der Waals surface area contributed by atoms with Gasteiger partial charge >= 0.3 is 0 Å². The number of rotatable bonds is 6. The molecule has 3 heterocycles. The summed E-state index contributed by atoms with van der Waals surface area (Å²) in [7, 11) is 0. The molecule has 2 amide bonds. The lowest BCUT2D eigenvalue weighted by Crippen LogP contribution is -2.28. The van der Waals surface area contributed by atoms with Crippen LogP contribution in [-0.4, -0.2) is 41.6 Å². The van der Waals surface area contributed by atoms with E-state index < -0.39 is 5.92 Å². The number of halogens is 1. The Labute approximate surface area is 206 Å². The number of anilines is 5. The zero-order valence-electron chi connectivity index (χ0n) is 18.6. The van der Waals surface area contributed by atoms with E-state index in [1.165, 1.54) is 12.8 Å². The van der Waals surface area contributed by atoms with Gasteiger partial charge < -0.3 is 20.4 Å². The van der Waals surface area contributed by atoms with Gasteiger partial charge in [0.05, 0.1) is 17.8 Å². The molecular formula is C25H25BrN6O2. The average Bonchev–Trinajstić information content (AvgIpc) is 3.51. The molecule has 1 unspecified atom stereocenters. The maximum atomic E-state index is 12.8. The second-order valence-electron chi connectivity index (χ2n) is 8.57. The molecule has 1 aromatic heterocycles. The van der Waals surface area contributed by atoms with Crippen LogP contribution >= 0.6 is 15.9 Å². The van der Waals surface area contributed by atoms with Gasteiger partial charge in [0.25, 0.3) is 0 Å². The zero-order valence-corrected chi connectivity index (χ0v) is 20.2. The van der Waals surface area contributed by atoms with Gasteiger partial charge in [-0.05, 0) is 55.3 Å². The van der Waals surface area contributed by atoms with Crippen molar-refractivity contribution < 1.29 is 9.59 Å². The number of hydrogen-bond donors (Lipinski definition) is 2. The van der Waals surface area contributed by atoms with Crippen molar-refractivity contribution in [2.45, 2.75) is 19.3 Å². The highest BCUT2D eigenvalue weighted by molar-refractivity contribution is 9.10. The van der Waals surface area contributed by atoms with E-state index in [4.69, 9.17) is 0 Å². The Hall–Kier alpha value is -3.46. The molecule has 0 saturated carbocycles. The van der Waals surface area contributed by atoms with Crippen molar-refractivity contribution in [3.05, 3.63) is 65.3 Å². The van der Waals surface area contributed by atoms with Gasteiger partial charge in [-0.2, -0.15) is 5.10 Å². The van der Waals surface area contributed by atoms with E-state index in [0.717, 1.165) is 34.6 Å². The van der Waals surface area contributed by atoms with Gasteiger partial charge in [0.15, 0.2) is 5.82 Å². The second kappa shape index (κ2) is 9.80. The van der Waals surface area contributed by atoms with E-state index >= 15 is 0 Å². The smallest absolute Gasteiger partial charge is 0.229 e. The fourth-order valence-corrected chi connectivity index (χ4v) is 4.76. The number of amides is 2. The minimum absolute atomic E-state index is 0.0462. The van der Waals surface area contributed by atoms with Crippen molar-refractivity contribution in [3.63, 3.8) is 0 Å². The molecule has 1 atom stereocenters. The normalized spacial score (nSPS) is 17.8. The fraction of sp³-hybridized carbons (Fsp3) is 0.280. The van der Waals surface area contributed by atoms with Crippen LogP contribution in [0.1, 0.15) is 19.3 Å². The number of nitrogens with zero attached hydrogens (tertiary/aromatic N) is 4. The number of carbonyl (C=O) groups is 2. The van der Waals surface area contributed by atoms with E-state index in [0.29, 0.717) is 18.1 Å². The first-order valence-corrected chi connectivity index (χ1v) is 12.2. The first-order chi connectivity index (χ1) is 16.5. The Morgan fingerprint density at radius 1 is 1.00 bits per heavy atom. The first-order valence-electron chi connectivity index (χ1n) is 11.4. The van der Waals surface area contributed by atoms with Crippen LogP contribution in [0.5, 0.6) is 0 Å². The topological polar surface area (TPSA) is 90.5 Å². The van der Waals surface area contributed by atoms with Gasteiger partial charge in [0, 0.05) is 53.7 Å². The lowest BCUT2D eigenvalue weighted by Gasteiger charge is -2.17. The summed E-state index contributed by atoms with van der Waals surface area (Å²) in [4.78, 5) is 29.3. The van der Waals surface area contributed by atoms with Crippen LogP contribution in [0.25, 0.3) is 0 Å². The summed E-state index contributed by atoms with van der Waals surface area (Å²) in [5.41, 5.74) is 3.40. The highest BCUT2D eigenvalue weighted by Crippen LogP contribution is 2.28. The third-order valence-electron chi connectivity index (χ3n) is 6.15. The van der Waals surface area contributed by atoms with Crippen LogP contribution in [0.15, 0.2) is 65.3 Å². The molecular weight excluding hydrogens is 496 g/mol. The van der Waals surface area contributed by atoms with Gasteiger partial charge in [-0.25, -0.2) is 0 Å². The molecule has 34 heavy (non-hydrogen) atoms. The molecule has 5 rings (SSSR count). The highest BCUT2D eigenvalue weighted by Gasteiger charge is 2.35. The molecule has 2 N–H and O–H groups in total. The van der Waals surface area contributed by atoms with Crippen LogP contribution in [-0.2, 0) is 9.59 Å². The Bertz CT molecular complexity index is 1200. The summed E-state index contributed by atoms with van der Waals surface area (Å²) in [5.74, 6) is 0.0805. The Morgan fingerprint density at radius 2 is 1.76 bits per heavy atom. The van der Waals surface area contributed by atoms with E-state index in [1.807, 2.05) is 54.6 Å². The Morgan fingerprint density at radius 3 is 2.53 bits per heavy atom. The van der Waals surface area contributed by atoms with Crippen LogP contribution in [0.4, 0.5) is 28.6 Å². The van der Waals surface area contributed by atoms with Gasteiger partial charge in [-0.3, -0.25) is 9.59 Å². The summed E-state index contributed by atoms with van der Waals surface area (Å²) in [6, 6.07) is 17.0. The highest BCUT2D eigenvalue weighted by atomic mass is 79.9. The quantitative estimate of drug-likeness (QED) is 0.494. The summed E-state index contributed by atoms with van der Waals surface area (Å²) in [6.07, 6.45) is 4.40. The summed E-state index contributed by atoms with van der Waals surface area (Å²) >= 11 is 3.43. The molecule has 0 bridgehead atoms. The molecule has 2 aromatic carbocycles. The van der Waals surface area contributed by atoms with E-state index in [-0.39, 0.29) is 18.2 Å². The summed E-state index contributed by atoms with van der Waals surface area (Å²) in [5, 5.41) is 14.5. The van der Waals surface area contributed by atoms with Gasteiger partial charge in [-0.15, -0.1) is 5.10 Å². The molecule has 2 fully saturated rings. The third kappa shape index (κ3) is 5.04. The van der Waals surface area contributed by atoms with Crippen molar-refractivity contribution in [2.75, 3.05) is 40.1 Å². The maximum absolute atomic E-state index is 12.8. The predicted octanol–water partition coefficient (Wildman–Crippen LogP) is 4.57. The first kappa shape index (κ1) is 22.3. The average molecular weight is 521 g/mol. The number of nitrogens with one attached hydrogen (secondary N) is 2. The van der Waals surface area contributed by atoms with Crippen LogP contribution < -0.4 is 20.4 Å². The largest absolute Gasteiger partial charge is 0.370 e. The van der Waals surface area contributed by atoms with Gasteiger partial charge in [0.1, 0.15) is 0 Å². The minimum Gasteiger partial charge on any atom is -0.370 e. The van der Waals surface area contributed by atoms with Crippen molar-refractivity contribution in [1.29, 1.82) is 0 Å². The van der Waals surface area contributed by atoms with Gasteiger partial charge in [-0.1, -0.05) is 22.0 Å². The summed E-state index contributed by atoms with van der Waals surface area (Å²) in [6.45, 7) is 2.46. The number of aromatic nitrogens is 2. The predicted molar refractivity (Wildman–Crippen MR) is 136 cm³/mol. The van der Waals surface area contributed by atoms with E-state index in [9.17, 15) is 9.59 Å². The molecule has 2 saturated heterocycles. The van der Waals surface area contributed by atoms with Crippen LogP contribution in [0.3, 0.4) is 0 Å². The zero-order chi connectivity index (χ0) is 23.5. The molecule has 174 valence electrons. The Kier molecular flexibility index (Phi) is 6.44. The third-order valence-corrected chi connectivity index (χ3v) is 6.65. The number of benzene rings is 2. The monoisotopic (exact) mass is 520 g/mol. The van der Waals surface area contributed by atoms with Crippen molar-refractivity contribution in [1.82, 2.24) is 10.2 Å². The SMILES string of the molecule is O=C(Nc1ccc(Nc2cc(N3CCCC3)cnn2)cc1)C1CC(=O)N(c2cccc(Br)c2)C1. The number of hydrogen-bond acceptors (Lipinski definition) is 6. The standard InChI is InChI=1S/C25H25BrN6O2/c26-18-4-3-5-21(13-18)32-16-17(12-24(32)33)25(34)29-20-8-6-19(7-9-20)28-23-14-22(15-27-30-23)31-10-1-2-11-31/h3-9,13-15,17H,1-2,10-12,16H2,(H,28,30)(H,29,34). The lowest BCUT2D eigenvalue weighted by atomic mass is 10.1. The van der Waals surface area contributed by atoms with Crippen LogP contribution in [0, 0.1) is 5.92 Å². The second-order valence-corrected chi connectivity index (χ2v) is 9.49. The van der Waals surface area contributed by atoms with Crippen molar-refractivity contribution in [2.24, 2.45) is 5.92 Å². The van der Waals surface area contributed by atoms with Crippen LogP contribution in [0.2, 0.25) is 0 Å². The van der Waals surface area contributed by atoms with E-state index in [2.05, 4.69) is 41.7 Å². The van der Waals surface area contributed by atoms with E-state index in [1.54, 1.807) is 11.1 Å². The molecule has 9 heteroatoms. The fourth-order valence-electron chi connectivity index (χ4n) is 4.37. The molecule has 0 aliphatic carbocycles. The molecule has 3 aromatic rings. The number of carbonyl (C=O) groups excluding carboxylic acids is 2. The molecule has 2 aliphatic rings. The molecule has 0 spiro atoms. The Balaban J connectivity index is 1.19. The molecule has 0 radical (unpaired) electrons. The maximum Gasteiger partial charge on any atom is 0.229 e. The van der Waals surface area contributed by atoms with Gasteiger partial charge in [0.2, 0.25) is 11.8 Å². The summed E-state index contributed by atoms with van der Waals surface area (Å²) < 4.78 is 0.896. The van der Waals surface area contributed by atoms with Crippen molar-refractivity contribution in [3.8, 4) is 0 Å². The van der Waals surface area contributed by atoms with Crippen molar-refractivity contribution >= 4 is 56.3 Å². The minimum atomic E-state index is -0.395.